The molecular formula is C14H21NO4. The Bertz CT molecular complexity index is 408. The van der Waals surface area contributed by atoms with Gasteiger partial charge < -0.3 is 14.9 Å². The number of aliphatic carboxylic acids is 1. The van der Waals surface area contributed by atoms with Gasteiger partial charge in [-0.2, -0.15) is 0 Å². The number of para-hydroxylation sites is 1. The zero-order valence-electron chi connectivity index (χ0n) is 11.4. The molecule has 0 aliphatic rings. The number of phenols is 1. The molecule has 1 aromatic rings. The molecule has 1 atom stereocenters. The van der Waals surface area contributed by atoms with E-state index < -0.39 is 5.97 Å². The number of carboxylic acid groups (broad SMARTS) is 1. The van der Waals surface area contributed by atoms with Crippen LogP contribution in [0.25, 0.3) is 0 Å². The molecule has 5 heteroatoms. The molecule has 0 fully saturated rings. The van der Waals surface area contributed by atoms with Crippen LogP contribution in [0.4, 0.5) is 0 Å². The minimum absolute atomic E-state index is 0.0732. The Morgan fingerprint density at radius 2 is 2.11 bits per heavy atom. The van der Waals surface area contributed by atoms with Crippen LogP contribution in [-0.2, 0) is 9.53 Å². The lowest BCUT2D eigenvalue weighted by atomic mass is 10.0. The summed E-state index contributed by atoms with van der Waals surface area (Å²) in [6.07, 6.45) is 0.717. The predicted molar refractivity (Wildman–Crippen MR) is 72.2 cm³/mol. The maximum absolute atomic E-state index is 11.0. The Kier molecular flexibility index (Phi) is 6.32. The van der Waals surface area contributed by atoms with Crippen LogP contribution in [0.1, 0.15) is 24.9 Å². The number of phenolic OH excluding ortho intramolecular Hbond substituents is 1. The van der Waals surface area contributed by atoms with Gasteiger partial charge in [0.2, 0.25) is 0 Å². The number of hydrogen-bond donors (Lipinski definition) is 2. The van der Waals surface area contributed by atoms with E-state index in [1.165, 1.54) is 0 Å². The molecule has 1 unspecified atom stereocenters. The first kappa shape index (κ1) is 15.5. The summed E-state index contributed by atoms with van der Waals surface area (Å²) in [4.78, 5) is 12.8. The van der Waals surface area contributed by atoms with Crippen LogP contribution in [0, 0.1) is 0 Å². The first-order valence-corrected chi connectivity index (χ1v) is 6.32. The lowest BCUT2D eigenvalue weighted by Crippen LogP contribution is -2.36. The molecule has 0 spiro atoms. The summed E-state index contributed by atoms with van der Waals surface area (Å²) >= 11 is 0. The average molecular weight is 267 g/mol. The molecule has 0 saturated heterocycles. The van der Waals surface area contributed by atoms with Crippen LogP contribution in [0.5, 0.6) is 5.75 Å². The summed E-state index contributed by atoms with van der Waals surface area (Å²) in [5, 5.41) is 18.9. The van der Waals surface area contributed by atoms with Crippen LogP contribution in [-0.4, -0.2) is 47.9 Å². The molecular weight excluding hydrogens is 246 g/mol. The fourth-order valence-electron chi connectivity index (χ4n) is 2.17. The minimum Gasteiger partial charge on any atom is -0.508 e. The van der Waals surface area contributed by atoms with Gasteiger partial charge >= 0.3 is 5.97 Å². The van der Waals surface area contributed by atoms with E-state index in [0.29, 0.717) is 19.6 Å². The molecule has 1 aromatic carbocycles. The van der Waals surface area contributed by atoms with E-state index in [4.69, 9.17) is 9.84 Å². The summed E-state index contributed by atoms with van der Waals surface area (Å²) in [6.45, 7) is 2.86. The number of ether oxygens (including phenoxy) is 1. The average Bonchev–Trinajstić information content (AvgIpc) is 2.38. The zero-order valence-corrected chi connectivity index (χ0v) is 11.4. The number of nitrogens with zero attached hydrogens (tertiary/aromatic N) is 1. The van der Waals surface area contributed by atoms with Crippen LogP contribution < -0.4 is 0 Å². The van der Waals surface area contributed by atoms with E-state index >= 15 is 0 Å². The molecule has 1 rings (SSSR count). The van der Waals surface area contributed by atoms with Gasteiger partial charge in [-0.1, -0.05) is 25.1 Å². The Balaban J connectivity index is 2.94. The molecule has 0 aliphatic heterocycles. The van der Waals surface area contributed by atoms with E-state index in [-0.39, 0.29) is 18.3 Å². The van der Waals surface area contributed by atoms with Crippen molar-refractivity contribution in [2.24, 2.45) is 0 Å². The highest BCUT2D eigenvalue weighted by Crippen LogP contribution is 2.30. The SMILES string of the molecule is CCC(c1ccccc1O)N(CCOC)CC(=O)O. The van der Waals surface area contributed by atoms with Gasteiger partial charge in [-0.15, -0.1) is 0 Å². The van der Waals surface area contributed by atoms with Crippen molar-refractivity contribution in [1.82, 2.24) is 4.90 Å². The van der Waals surface area contributed by atoms with Crippen molar-refractivity contribution in [2.75, 3.05) is 26.8 Å². The number of aromatic hydroxyl groups is 1. The molecule has 2 N–H and O–H groups in total. The molecule has 0 heterocycles. The number of carbonyl (C=O) groups is 1. The number of carboxylic acids is 1. The van der Waals surface area contributed by atoms with E-state index in [1.54, 1.807) is 24.1 Å². The van der Waals surface area contributed by atoms with Gasteiger partial charge in [-0.05, 0) is 12.5 Å². The van der Waals surface area contributed by atoms with Crippen molar-refractivity contribution in [1.29, 1.82) is 0 Å². The number of methoxy groups -OCH3 is 1. The highest BCUT2D eigenvalue weighted by atomic mass is 16.5. The topological polar surface area (TPSA) is 70.0 Å². The Morgan fingerprint density at radius 1 is 1.42 bits per heavy atom. The lowest BCUT2D eigenvalue weighted by Gasteiger charge is -2.30. The summed E-state index contributed by atoms with van der Waals surface area (Å²) in [5.41, 5.74) is 0.752. The van der Waals surface area contributed by atoms with Crippen molar-refractivity contribution in [3.8, 4) is 5.75 Å². The molecule has 0 saturated carbocycles. The second-order valence-electron chi connectivity index (χ2n) is 4.34. The normalized spacial score (nSPS) is 12.6. The minimum atomic E-state index is -0.884. The van der Waals surface area contributed by atoms with Crippen molar-refractivity contribution >= 4 is 5.97 Å². The van der Waals surface area contributed by atoms with Gasteiger partial charge in [0, 0.05) is 25.3 Å². The molecule has 5 nitrogen and oxygen atoms in total. The van der Waals surface area contributed by atoms with Gasteiger partial charge in [0.25, 0.3) is 0 Å². The fourth-order valence-corrected chi connectivity index (χ4v) is 2.17. The molecule has 0 amide bonds. The quantitative estimate of drug-likeness (QED) is 0.752. The second kappa shape index (κ2) is 7.76. The molecule has 19 heavy (non-hydrogen) atoms. The summed E-state index contributed by atoms with van der Waals surface area (Å²) < 4.78 is 5.02. The van der Waals surface area contributed by atoms with Crippen LogP contribution in [0.2, 0.25) is 0 Å². The third kappa shape index (κ3) is 4.54. The van der Waals surface area contributed by atoms with Gasteiger partial charge in [0.15, 0.2) is 0 Å². The monoisotopic (exact) mass is 267 g/mol. The highest BCUT2D eigenvalue weighted by molar-refractivity contribution is 5.69. The lowest BCUT2D eigenvalue weighted by molar-refractivity contribution is -0.139. The summed E-state index contributed by atoms with van der Waals surface area (Å²) in [5.74, 6) is -0.688. The van der Waals surface area contributed by atoms with Crippen molar-refractivity contribution < 1.29 is 19.7 Å². The number of rotatable bonds is 8. The second-order valence-corrected chi connectivity index (χ2v) is 4.34. The van der Waals surface area contributed by atoms with Crippen molar-refractivity contribution in [3.63, 3.8) is 0 Å². The van der Waals surface area contributed by atoms with E-state index in [2.05, 4.69) is 0 Å². The number of hydrogen-bond acceptors (Lipinski definition) is 4. The standard InChI is InChI=1S/C14H21NO4/c1-3-12(11-6-4-5-7-13(11)16)15(8-9-19-2)10-14(17)18/h4-7,12,16H,3,8-10H2,1-2H3,(H,17,18). The first-order chi connectivity index (χ1) is 9.10. The maximum atomic E-state index is 11.0. The Morgan fingerprint density at radius 3 is 2.63 bits per heavy atom. The highest BCUT2D eigenvalue weighted by Gasteiger charge is 2.22. The number of benzene rings is 1. The van der Waals surface area contributed by atoms with Crippen molar-refractivity contribution in [3.05, 3.63) is 29.8 Å². The zero-order chi connectivity index (χ0) is 14.3. The van der Waals surface area contributed by atoms with Crippen LogP contribution in [0.15, 0.2) is 24.3 Å². The molecule has 0 radical (unpaired) electrons. The molecule has 0 bridgehead atoms. The summed E-state index contributed by atoms with van der Waals surface area (Å²) in [6, 6.07) is 6.90. The van der Waals surface area contributed by atoms with E-state index in [0.717, 1.165) is 5.56 Å². The van der Waals surface area contributed by atoms with Crippen molar-refractivity contribution in [2.45, 2.75) is 19.4 Å². The largest absolute Gasteiger partial charge is 0.508 e. The predicted octanol–water partition coefficient (Wildman–Crippen LogP) is 1.88. The third-order valence-corrected chi connectivity index (χ3v) is 3.04. The fraction of sp³-hybridized carbons (Fsp3) is 0.500. The van der Waals surface area contributed by atoms with Gasteiger partial charge in [0.05, 0.1) is 13.2 Å². The maximum Gasteiger partial charge on any atom is 0.317 e. The smallest absolute Gasteiger partial charge is 0.317 e. The summed E-state index contributed by atoms with van der Waals surface area (Å²) in [7, 11) is 1.58. The van der Waals surface area contributed by atoms with Crippen LogP contribution >= 0.6 is 0 Å². The Labute approximate surface area is 113 Å². The third-order valence-electron chi connectivity index (χ3n) is 3.04. The van der Waals surface area contributed by atoms with Gasteiger partial charge in [0.1, 0.15) is 5.75 Å². The van der Waals surface area contributed by atoms with Gasteiger partial charge in [-0.25, -0.2) is 0 Å². The first-order valence-electron chi connectivity index (χ1n) is 6.32. The van der Waals surface area contributed by atoms with E-state index in [9.17, 15) is 9.90 Å². The van der Waals surface area contributed by atoms with Gasteiger partial charge in [-0.3, -0.25) is 9.69 Å². The van der Waals surface area contributed by atoms with Crippen LogP contribution in [0.3, 0.4) is 0 Å². The molecule has 0 aliphatic carbocycles. The Hall–Kier alpha value is -1.59. The molecule has 0 aromatic heterocycles. The molecule has 106 valence electrons. The van der Waals surface area contributed by atoms with E-state index in [1.807, 2.05) is 19.1 Å².